The first kappa shape index (κ1) is 15.7. The van der Waals surface area contributed by atoms with Crippen molar-refractivity contribution in [2.75, 3.05) is 13.1 Å². The van der Waals surface area contributed by atoms with Gasteiger partial charge in [0.25, 0.3) is 0 Å². The third-order valence-corrected chi connectivity index (χ3v) is 4.09. The molecular weight excluding hydrogens is 222 g/mol. The van der Waals surface area contributed by atoms with E-state index in [1.165, 1.54) is 0 Å². The Balaban J connectivity index is 2.64. The van der Waals surface area contributed by atoms with E-state index in [0.29, 0.717) is 23.2 Å². The van der Waals surface area contributed by atoms with Crippen molar-refractivity contribution in [2.24, 2.45) is 17.3 Å². The molecule has 0 heterocycles. The highest BCUT2D eigenvalue weighted by atomic mass is 16.1. The number of carbonyl (C=O) groups is 1. The van der Waals surface area contributed by atoms with Gasteiger partial charge >= 0.3 is 0 Å². The van der Waals surface area contributed by atoms with Gasteiger partial charge < -0.3 is 0 Å². The molecule has 0 amide bonds. The molecule has 18 heavy (non-hydrogen) atoms. The van der Waals surface area contributed by atoms with Crippen molar-refractivity contribution in [3.8, 4) is 0 Å². The molecule has 0 aromatic rings. The monoisotopic (exact) mass is 253 g/mol. The Morgan fingerprint density at radius 2 is 1.89 bits per heavy atom. The Morgan fingerprint density at radius 1 is 1.28 bits per heavy atom. The van der Waals surface area contributed by atoms with Gasteiger partial charge in [0.15, 0.2) is 0 Å². The lowest BCUT2D eigenvalue weighted by Gasteiger charge is -2.38. The molecule has 1 unspecified atom stereocenters. The maximum atomic E-state index is 12.1. The second-order valence-electron chi connectivity index (χ2n) is 7.47. The molecule has 0 radical (unpaired) electrons. The molecule has 1 aliphatic carbocycles. The van der Waals surface area contributed by atoms with E-state index in [-0.39, 0.29) is 5.92 Å². The summed E-state index contributed by atoms with van der Waals surface area (Å²) in [6.07, 6.45) is 2.91. The predicted octanol–water partition coefficient (Wildman–Crippen LogP) is 3.75. The second kappa shape index (κ2) is 6.18. The van der Waals surface area contributed by atoms with Gasteiger partial charge in [-0.2, -0.15) is 0 Å². The average molecular weight is 253 g/mol. The second-order valence-corrected chi connectivity index (χ2v) is 7.47. The van der Waals surface area contributed by atoms with Crippen LogP contribution in [0.1, 0.15) is 60.8 Å². The number of carbonyl (C=O) groups excluding carboxylic acids is 1. The lowest BCUT2D eigenvalue weighted by molar-refractivity contribution is -0.128. The number of ketones is 1. The number of nitrogens with zero attached hydrogens (tertiary/aromatic N) is 1. The van der Waals surface area contributed by atoms with Crippen molar-refractivity contribution in [3.05, 3.63) is 0 Å². The van der Waals surface area contributed by atoms with Gasteiger partial charge in [0.2, 0.25) is 0 Å². The van der Waals surface area contributed by atoms with Gasteiger partial charge in [0, 0.05) is 31.5 Å². The third kappa shape index (κ3) is 4.72. The molecule has 0 spiro atoms. The van der Waals surface area contributed by atoms with Crippen LogP contribution in [0.3, 0.4) is 0 Å². The van der Waals surface area contributed by atoms with Crippen LogP contribution in [-0.4, -0.2) is 29.8 Å². The van der Waals surface area contributed by atoms with Gasteiger partial charge in [-0.3, -0.25) is 9.69 Å². The quantitative estimate of drug-likeness (QED) is 0.744. The summed E-state index contributed by atoms with van der Waals surface area (Å²) in [5, 5.41) is 0. The minimum absolute atomic E-state index is 0.259. The first-order valence-electron chi connectivity index (χ1n) is 7.48. The molecule has 1 fully saturated rings. The maximum Gasteiger partial charge on any atom is 0.137 e. The van der Waals surface area contributed by atoms with E-state index in [1.807, 2.05) is 0 Å². The molecule has 106 valence electrons. The molecule has 0 aromatic heterocycles. The number of rotatable bonds is 5. The molecule has 1 saturated carbocycles. The van der Waals surface area contributed by atoms with Crippen molar-refractivity contribution in [1.29, 1.82) is 0 Å². The Kier molecular flexibility index (Phi) is 5.39. The maximum absolute atomic E-state index is 12.1. The predicted molar refractivity (Wildman–Crippen MR) is 77.7 cm³/mol. The molecule has 2 heteroatoms. The summed E-state index contributed by atoms with van der Waals surface area (Å²) in [5.41, 5.74) is 0.346. The molecule has 1 rings (SSSR count). The molecule has 0 saturated heterocycles. The fourth-order valence-corrected chi connectivity index (χ4v) is 2.96. The smallest absolute Gasteiger partial charge is 0.137 e. The van der Waals surface area contributed by atoms with Gasteiger partial charge in [-0.1, -0.05) is 27.7 Å². The highest BCUT2D eigenvalue weighted by molar-refractivity contribution is 5.82. The van der Waals surface area contributed by atoms with Crippen molar-refractivity contribution >= 4 is 5.78 Å². The van der Waals surface area contributed by atoms with Gasteiger partial charge in [-0.05, 0) is 38.0 Å². The number of hydrogen-bond acceptors (Lipinski definition) is 2. The topological polar surface area (TPSA) is 20.3 Å². The lowest BCUT2D eigenvalue weighted by Crippen LogP contribution is -2.43. The highest BCUT2D eigenvalue weighted by Gasteiger charge is 2.34. The first-order chi connectivity index (χ1) is 8.21. The molecule has 2 nitrogen and oxygen atoms in total. The molecule has 0 aliphatic heterocycles. The van der Waals surface area contributed by atoms with Crippen LogP contribution in [0, 0.1) is 17.3 Å². The lowest BCUT2D eigenvalue weighted by atomic mass is 9.71. The Hall–Kier alpha value is -0.370. The van der Waals surface area contributed by atoms with Crippen LogP contribution in [0.4, 0.5) is 0 Å². The van der Waals surface area contributed by atoms with Crippen LogP contribution in [-0.2, 0) is 4.79 Å². The third-order valence-electron chi connectivity index (χ3n) is 4.09. The van der Waals surface area contributed by atoms with E-state index in [1.54, 1.807) is 0 Å². The summed E-state index contributed by atoms with van der Waals surface area (Å²) in [5.74, 6) is 1.41. The van der Waals surface area contributed by atoms with Gasteiger partial charge in [-0.15, -0.1) is 0 Å². The van der Waals surface area contributed by atoms with Crippen LogP contribution in [0.15, 0.2) is 0 Å². The van der Waals surface area contributed by atoms with Crippen molar-refractivity contribution < 1.29 is 4.79 Å². The molecule has 0 N–H and O–H groups in total. The molecular formula is C16H31NO. The summed E-state index contributed by atoms with van der Waals surface area (Å²) < 4.78 is 0. The van der Waals surface area contributed by atoms with Gasteiger partial charge in [0.05, 0.1) is 0 Å². The van der Waals surface area contributed by atoms with Crippen LogP contribution in [0.5, 0.6) is 0 Å². The van der Waals surface area contributed by atoms with Crippen molar-refractivity contribution in [2.45, 2.75) is 66.8 Å². The van der Waals surface area contributed by atoms with E-state index in [0.717, 1.165) is 32.4 Å². The fraction of sp³-hybridized carbons (Fsp3) is 0.938. The van der Waals surface area contributed by atoms with Crippen molar-refractivity contribution in [3.63, 3.8) is 0 Å². The van der Waals surface area contributed by atoms with Gasteiger partial charge in [0.1, 0.15) is 5.78 Å². The SMILES string of the molecule is CC(C)CN(CC1CC(C)(C)CCC1=O)C(C)C. The summed E-state index contributed by atoms with van der Waals surface area (Å²) in [6.45, 7) is 15.6. The molecule has 0 bridgehead atoms. The van der Waals surface area contributed by atoms with Crippen molar-refractivity contribution in [1.82, 2.24) is 4.90 Å². The van der Waals surface area contributed by atoms with Crippen LogP contribution >= 0.6 is 0 Å². The fourth-order valence-electron chi connectivity index (χ4n) is 2.96. The zero-order valence-electron chi connectivity index (χ0n) is 13.1. The first-order valence-corrected chi connectivity index (χ1v) is 7.48. The van der Waals surface area contributed by atoms with E-state index in [4.69, 9.17) is 0 Å². The molecule has 1 atom stereocenters. The van der Waals surface area contributed by atoms with Crippen LogP contribution in [0.25, 0.3) is 0 Å². The zero-order valence-corrected chi connectivity index (χ0v) is 13.1. The average Bonchev–Trinajstić information content (AvgIpc) is 2.21. The van der Waals surface area contributed by atoms with Crippen LogP contribution < -0.4 is 0 Å². The molecule has 1 aliphatic rings. The van der Waals surface area contributed by atoms with Crippen LogP contribution in [0.2, 0.25) is 0 Å². The Labute approximate surface area is 113 Å². The standard InChI is InChI=1S/C16H31NO/c1-12(2)10-17(13(3)4)11-14-9-16(5,6)8-7-15(14)18/h12-14H,7-11H2,1-6H3. The van der Waals surface area contributed by atoms with E-state index in [9.17, 15) is 4.79 Å². The van der Waals surface area contributed by atoms with E-state index in [2.05, 4.69) is 46.4 Å². The summed E-state index contributed by atoms with van der Waals surface area (Å²) in [7, 11) is 0. The minimum atomic E-state index is 0.259. The number of hydrogen-bond donors (Lipinski definition) is 0. The highest BCUT2D eigenvalue weighted by Crippen LogP contribution is 2.37. The Bertz CT molecular complexity index is 281. The zero-order chi connectivity index (χ0) is 13.9. The Morgan fingerprint density at radius 3 is 2.39 bits per heavy atom. The largest absolute Gasteiger partial charge is 0.300 e. The summed E-state index contributed by atoms with van der Waals surface area (Å²) in [6, 6.07) is 0.533. The summed E-state index contributed by atoms with van der Waals surface area (Å²) >= 11 is 0. The summed E-state index contributed by atoms with van der Waals surface area (Å²) in [4.78, 5) is 14.6. The van der Waals surface area contributed by atoms with E-state index >= 15 is 0 Å². The van der Waals surface area contributed by atoms with Gasteiger partial charge in [-0.25, -0.2) is 0 Å². The number of Topliss-reactive ketones (excluding diaryl/α,β-unsaturated/α-hetero) is 1. The minimum Gasteiger partial charge on any atom is -0.300 e. The van der Waals surface area contributed by atoms with E-state index < -0.39 is 0 Å². The normalized spacial score (nSPS) is 24.3. The molecule has 0 aromatic carbocycles.